The third-order valence-electron chi connectivity index (χ3n) is 2.92. The fourth-order valence-corrected chi connectivity index (χ4v) is 3.34. The van der Waals surface area contributed by atoms with Crippen molar-refractivity contribution in [3.05, 3.63) is 34.4 Å². The van der Waals surface area contributed by atoms with Gasteiger partial charge in [0, 0.05) is 22.9 Å². The van der Waals surface area contributed by atoms with Gasteiger partial charge in [0.05, 0.1) is 0 Å². The summed E-state index contributed by atoms with van der Waals surface area (Å²) in [6.45, 7) is 4.53. The van der Waals surface area contributed by atoms with Gasteiger partial charge in [0.15, 0.2) is 5.82 Å². The maximum absolute atomic E-state index is 12.4. The van der Waals surface area contributed by atoms with Crippen molar-refractivity contribution in [1.29, 1.82) is 0 Å². The van der Waals surface area contributed by atoms with Crippen LogP contribution in [0.2, 0.25) is 0 Å². The van der Waals surface area contributed by atoms with Crippen LogP contribution < -0.4 is 10.5 Å². The van der Waals surface area contributed by atoms with E-state index in [-0.39, 0.29) is 10.7 Å². The lowest BCUT2D eigenvalue weighted by Gasteiger charge is -2.08. The third kappa shape index (κ3) is 3.56. The Morgan fingerprint density at radius 1 is 1.43 bits per heavy atom. The normalized spacial score (nSPS) is 11.6. The van der Waals surface area contributed by atoms with Crippen LogP contribution in [0.3, 0.4) is 0 Å². The van der Waals surface area contributed by atoms with Gasteiger partial charge in [0.1, 0.15) is 4.90 Å². The summed E-state index contributed by atoms with van der Waals surface area (Å²) in [6, 6.07) is 5.23. The third-order valence-corrected chi connectivity index (χ3v) is 5.17. The van der Waals surface area contributed by atoms with Gasteiger partial charge in [0.2, 0.25) is 0 Å². The summed E-state index contributed by atoms with van der Waals surface area (Å²) in [7, 11) is -3.75. The van der Waals surface area contributed by atoms with E-state index >= 15 is 0 Å². The predicted octanol–water partition coefficient (Wildman–Crippen LogP) is 2.75. The molecule has 0 spiro atoms. The number of benzene rings is 1. The number of sulfonamides is 1. The van der Waals surface area contributed by atoms with E-state index in [4.69, 9.17) is 5.73 Å². The van der Waals surface area contributed by atoms with E-state index in [0.29, 0.717) is 12.2 Å². The summed E-state index contributed by atoms with van der Waals surface area (Å²) < 4.78 is 29.6. The number of aromatic nitrogens is 2. The van der Waals surface area contributed by atoms with Gasteiger partial charge in [-0.05, 0) is 31.0 Å². The van der Waals surface area contributed by atoms with Crippen molar-refractivity contribution in [2.45, 2.75) is 31.7 Å². The van der Waals surface area contributed by atoms with Crippen LogP contribution in [0.1, 0.15) is 18.9 Å². The maximum atomic E-state index is 12.4. The van der Waals surface area contributed by atoms with Crippen LogP contribution in [0.4, 0.5) is 11.5 Å². The minimum absolute atomic E-state index is 0.00197. The predicted molar refractivity (Wildman–Crippen MR) is 86.6 cm³/mol. The molecule has 0 saturated carbocycles. The molecule has 2 rings (SSSR count). The van der Waals surface area contributed by atoms with Crippen molar-refractivity contribution < 1.29 is 8.42 Å². The summed E-state index contributed by atoms with van der Waals surface area (Å²) in [4.78, 5) is -0.00681. The van der Waals surface area contributed by atoms with Crippen molar-refractivity contribution >= 4 is 37.5 Å². The van der Waals surface area contributed by atoms with E-state index in [9.17, 15) is 8.42 Å². The van der Waals surface area contributed by atoms with Crippen molar-refractivity contribution in [2.24, 2.45) is 0 Å². The highest BCUT2D eigenvalue weighted by Crippen LogP contribution is 2.24. The van der Waals surface area contributed by atoms with E-state index in [0.717, 1.165) is 16.5 Å². The first-order valence-electron chi connectivity index (χ1n) is 6.45. The van der Waals surface area contributed by atoms with Gasteiger partial charge in [-0.3, -0.25) is 9.40 Å². The molecule has 0 radical (unpaired) electrons. The molecule has 3 N–H and O–H groups in total. The molecule has 0 atom stereocenters. The zero-order chi connectivity index (χ0) is 15.6. The van der Waals surface area contributed by atoms with E-state index in [2.05, 4.69) is 25.8 Å². The average Bonchev–Trinajstić information content (AvgIpc) is 2.76. The summed E-state index contributed by atoms with van der Waals surface area (Å²) in [6.07, 6.45) is 2.29. The Hall–Kier alpha value is -1.54. The van der Waals surface area contributed by atoms with Gasteiger partial charge in [-0.1, -0.05) is 28.9 Å². The highest BCUT2D eigenvalue weighted by atomic mass is 79.9. The number of rotatable bonds is 5. The fourth-order valence-electron chi connectivity index (χ4n) is 1.84. The summed E-state index contributed by atoms with van der Waals surface area (Å²) in [5.41, 5.74) is 7.19. The number of nitrogen functional groups attached to an aromatic ring is 1. The molecule has 8 heteroatoms. The Morgan fingerprint density at radius 3 is 2.76 bits per heavy atom. The van der Waals surface area contributed by atoms with Crippen molar-refractivity contribution in [3.8, 4) is 0 Å². The van der Waals surface area contributed by atoms with Gasteiger partial charge in [-0.25, -0.2) is 8.42 Å². The second kappa shape index (κ2) is 6.07. The van der Waals surface area contributed by atoms with Gasteiger partial charge < -0.3 is 5.73 Å². The number of nitrogens with one attached hydrogen (secondary N) is 1. The highest BCUT2D eigenvalue weighted by molar-refractivity contribution is 9.10. The topological polar surface area (TPSA) is 90.0 Å². The average molecular weight is 373 g/mol. The molecule has 0 aliphatic heterocycles. The van der Waals surface area contributed by atoms with Crippen LogP contribution >= 0.6 is 15.9 Å². The standard InChI is InChI=1S/C13H17BrN4O2S/c1-3-6-18-8-12(13(15)16-18)21(19,20)17-10-5-4-9(2)11(14)7-10/h4-5,7-8,17H,3,6H2,1-2H3,(H2,15,16). The summed E-state index contributed by atoms with van der Waals surface area (Å²) in [5, 5.41) is 4.01. The number of nitrogens with zero attached hydrogens (tertiary/aromatic N) is 2. The molecule has 0 bridgehead atoms. The van der Waals surface area contributed by atoms with Crippen LogP contribution in [0, 0.1) is 6.92 Å². The zero-order valence-corrected chi connectivity index (χ0v) is 14.2. The first-order valence-corrected chi connectivity index (χ1v) is 8.73. The minimum atomic E-state index is -3.75. The molecule has 0 amide bonds. The Balaban J connectivity index is 2.31. The molecular formula is C13H17BrN4O2S. The second-order valence-corrected chi connectivity index (χ2v) is 7.22. The van der Waals surface area contributed by atoms with Crippen LogP contribution in [0.25, 0.3) is 0 Å². The molecule has 1 heterocycles. The highest BCUT2D eigenvalue weighted by Gasteiger charge is 2.21. The summed E-state index contributed by atoms with van der Waals surface area (Å²) >= 11 is 3.37. The monoisotopic (exact) mass is 372 g/mol. The van der Waals surface area contributed by atoms with E-state index in [1.54, 1.807) is 12.1 Å². The van der Waals surface area contributed by atoms with Crippen molar-refractivity contribution in [3.63, 3.8) is 0 Å². The Kier molecular flexibility index (Phi) is 4.58. The van der Waals surface area contributed by atoms with Gasteiger partial charge in [-0.15, -0.1) is 0 Å². The molecule has 0 unspecified atom stereocenters. The lowest BCUT2D eigenvalue weighted by Crippen LogP contribution is -2.14. The molecule has 0 aliphatic rings. The molecule has 2 aromatic rings. The molecular weight excluding hydrogens is 356 g/mol. The van der Waals surface area contributed by atoms with Crippen LogP contribution in [0.5, 0.6) is 0 Å². The van der Waals surface area contributed by atoms with Crippen LogP contribution in [-0.4, -0.2) is 18.2 Å². The fraction of sp³-hybridized carbons (Fsp3) is 0.308. The lowest BCUT2D eigenvalue weighted by atomic mass is 10.2. The quantitative estimate of drug-likeness (QED) is 0.843. The number of hydrogen-bond donors (Lipinski definition) is 2. The Bertz CT molecular complexity index is 756. The molecule has 21 heavy (non-hydrogen) atoms. The number of nitrogens with two attached hydrogens (primary N) is 1. The molecule has 0 saturated heterocycles. The van der Waals surface area contributed by atoms with Crippen LogP contribution in [0.15, 0.2) is 33.8 Å². The molecule has 1 aromatic carbocycles. The first kappa shape index (κ1) is 15.8. The lowest BCUT2D eigenvalue weighted by molar-refractivity contribution is 0.595. The first-order chi connectivity index (χ1) is 9.83. The maximum Gasteiger partial charge on any atom is 0.267 e. The number of hydrogen-bond acceptors (Lipinski definition) is 4. The van der Waals surface area contributed by atoms with Gasteiger partial charge in [-0.2, -0.15) is 5.10 Å². The van der Waals surface area contributed by atoms with Crippen LogP contribution in [-0.2, 0) is 16.6 Å². The zero-order valence-electron chi connectivity index (χ0n) is 11.8. The number of halogens is 1. The Labute approximate surface area is 132 Å². The molecule has 1 aromatic heterocycles. The largest absolute Gasteiger partial charge is 0.381 e. The minimum Gasteiger partial charge on any atom is -0.381 e. The SMILES string of the molecule is CCCn1cc(S(=O)(=O)Nc2ccc(C)c(Br)c2)c(N)n1. The second-order valence-electron chi connectivity index (χ2n) is 4.71. The molecule has 6 nitrogen and oxygen atoms in total. The van der Waals surface area contributed by atoms with Gasteiger partial charge in [0.25, 0.3) is 10.0 Å². The molecule has 114 valence electrons. The Morgan fingerprint density at radius 2 is 2.14 bits per heavy atom. The van der Waals surface area contributed by atoms with Crippen molar-refractivity contribution in [1.82, 2.24) is 9.78 Å². The smallest absolute Gasteiger partial charge is 0.267 e. The van der Waals surface area contributed by atoms with E-state index in [1.165, 1.54) is 10.9 Å². The summed E-state index contributed by atoms with van der Waals surface area (Å²) in [5.74, 6) is 0.00197. The number of aryl methyl sites for hydroxylation is 2. The van der Waals surface area contributed by atoms with E-state index < -0.39 is 10.0 Å². The van der Waals surface area contributed by atoms with Crippen molar-refractivity contribution in [2.75, 3.05) is 10.5 Å². The van der Waals surface area contributed by atoms with E-state index in [1.807, 2.05) is 19.9 Å². The van der Waals surface area contributed by atoms with Gasteiger partial charge >= 0.3 is 0 Å². The molecule has 0 aliphatic carbocycles. The number of anilines is 2. The molecule has 0 fully saturated rings.